The van der Waals surface area contributed by atoms with Crippen molar-refractivity contribution in [1.29, 1.82) is 0 Å². The first-order chi connectivity index (χ1) is 9.66. The maximum absolute atomic E-state index is 11.9. The summed E-state index contributed by atoms with van der Waals surface area (Å²) in [6.07, 6.45) is 1.34. The van der Waals surface area contributed by atoms with Gasteiger partial charge < -0.3 is 9.84 Å². The average molecular weight is 337 g/mol. The molecule has 21 heavy (non-hydrogen) atoms. The molecule has 0 spiro atoms. The number of nitrogens with one attached hydrogen (secondary N) is 1. The van der Waals surface area contributed by atoms with Gasteiger partial charge in [0, 0.05) is 12.7 Å². The SMILES string of the molecule is CCOC(=O)C(C)(O)CNS(=O)(=O)Cc1ccc(Cl)nc1. The van der Waals surface area contributed by atoms with Crippen LogP contribution in [-0.2, 0) is 25.3 Å². The fraction of sp³-hybridized carbons (Fsp3) is 0.500. The molecule has 2 N–H and O–H groups in total. The maximum Gasteiger partial charge on any atom is 0.339 e. The Morgan fingerprint density at radius 1 is 1.52 bits per heavy atom. The smallest absolute Gasteiger partial charge is 0.339 e. The van der Waals surface area contributed by atoms with Crippen molar-refractivity contribution in [1.82, 2.24) is 9.71 Å². The summed E-state index contributed by atoms with van der Waals surface area (Å²) in [5.74, 6) is -1.23. The molecule has 0 aromatic carbocycles. The minimum atomic E-state index is -3.73. The lowest BCUT2D eigenvalue weighted by Gasteiger charge is -2.21. The number of aromatic nitrogens is 1. The van der Waals surface area contributed by atoms with E-state index < -0.39 is 28.1 Å². The van der Waals surface area contributed by atoms with Crippen molar-refractivity contribution in [3.63, 3.8) is 0 Å². The highest BCUT2D eigenvalue weighted by atomic mass is 35.5. The molecule has 0 saturated heterocycles. The zero-order valence-electron chi connectivity index (χ0n) is 11.7. The van der Waals surface area contributed by atoms with Crippen molar-refractivity contribution in [2.75, 3.05) is 13.2 Å². The van der Waals surface area contributed by atoms with Crippen molar-refractivity contribution < 1.29 is 23.1 Å². The average Bonchev–Trinajstić information content (AvgIpc) is 2.40. The third kappa shape index (κ3) is 5.96. The number of hydrogen-bond donors (Lipinski definition) is 2. The van der Waals surface area contributed by atoms with Crippen LogP contribution in [0.25, 0.3) is 0 Å². The molecule has 0 aliphatic heterocycles. The number of rotatable bonds is 7. The summed E-state index contributed by atoms with van der Waals surface area (Å²) in [4.78, 5) is 15.2. The van der Waals surface area contributed by atoms with Crippen molar-refractivity contribution in [2.24, 2.45) is 0 Å². The van der Waals surface area contributed by atoms with Gasteiger partial charge in [-0.1, -0.05) is 17.7 Å². The highest BCUT2D eigenvalue weighted by Crippen LogP contribution is 2.10. The second-order valence-electron chi connectivity index (χ2n) is 4.56. The Hall–Kier alpha value is -1.22. The summed E-state index contributed by atoms with van der Waals surface area (Å²) in [7, 11) is -3.73. The summed E-state index contributed by atoms with van der Waals surface area (Å²) in [5, 5.41) is 10.1. The molecule has 0 amide bonds. The van der Waals surface area contributed by atoms with E-state index in [1.807, 2.05) is 0 Å². The van der Waals surface area contributed by atoms with Gasteiger partial charge in [0.05, 0.1) is 12.4 Å². The van der Waals surface area contributed by atoms with Crippen molar-refractivity contribution in [3.8, 4) is 0 Å². The van der Waals surface area contributed by atoms with E-state index in [-0.39, 0.29) is 17.5 Å². The standard InChI is InChI=1S/C12H17ClN2O5S/c1-3-20-11(16)12(2,17)8-15-21(18,19)7-9-4-5-10(13)14-6-9/h4-6,15,17H,3,7-8H2,1-2H3. The molecule has 1 atom stereocenters. The van der Waals surface area contributed by atoms with Crippen LogP contribution in [0.3, 0.4) is 0 Å². The van der Waals surface area contributed by atoms with Gasteiger partial charge in [0.15, 0.2) is 5.60 Å². The van der Waals surface area contributed by atoms with Crippen LogP contribution in [0.2, 0.25) is 5.15 Å². The first-order valence-corrected chi connectivity index (χ1v) is 8.16. The number of halogens is 1. The van der Waals surface area contributed by atoms with Gasteiger partial charge in [-0.05, 0) is 25.5 Å². The molecule has 0 aliphatic carbocycles. The Bertz CT molecular complexity index is 586. The lowest BCUT2D eigenvalue weighted by molar-refractivity contribution is -0.162. The van der Waals surface area contributed by atoms with E-state index in [1.165, 1.54) is 25.3 Å². The number of ether oxygens (including phenoxy) is 1. The van der Waals surface area contributed by atoms with Gasteiger partial charge in [-0.3, -0.25) is 0 Å². The quantitative estimate of drug-likeness (QED) is 0.554. The van der Waals surface area contributed by atoms with Crippen molar-refractivity contribution >= 4 is 27.6 Å². The summed E-state index contributed by atoms with van der Waals surface area (Å²) in [6.45, 7) is 2.39. The lowest BCUT2D eigenvalue weighted by Crippen LogP contribution is -2.47. The van der Waals surface area contributed by atoms with Gasteiger partial charge in [0.25, 0.3) is 0 Å². The van der Waals surface area contributed by atoms with Crippen molar-refractivity contribution in [3.05, 3.63) is 29.0 Å². The third-order valence-electron chi connectivity index (χ3n) is 2.50. The number of pyridine rings is 1. The monoisotopic (exact) mass is 336 g/mol. The van der Waals surface area contributed by atoms with E-state index in [2.05, 4.69) is 14.4 Å². The molecule has 0 aliphatic rings. The van der Waals surface area contributed by atoms with Gasteiger partial charge in [-0.25, -0.2) is 22.9 Å². The van der Waals surface area contributed by atoms with Gasteiger partial charge in [0.2, 0.25) is 10.0 Å². The van der Waals surface area contributed by atoms with E-state index in [4.69, 9.17) is 11.6 Å². The van der Waals surface area contributed by atoms with Crippen LogP contribution in [0.15, 0.2) is 18.3 Å². The molecule has 0 saturated carbocycles. The van der Waals surface area contributed by atoms with Crippen LogP contribution in [0.4, 0.5) is 0 Å². The van der Waals surface area contributed by atoms with Crippen LogP contribution in [-0.4, -0.2) is 43.2 Å². The number of sulfonamides is 1. The van der Waals surface area contributed by atoms with Gasteiger partial charge >= 0.3 is 5.97 Å². The predicted octanol–water partition coefficient (Wildman–Crippen LogP) is 0.469. The number of aliphatic hydroxyl groups is 1. The summed E-state index contributed by atoms with van der Waals surface area (Å²) >= 11 is 5.61. The molecule has 1 unspecified atom stereocenters. The first-order valence-electron chi connectivity index (χ1n) is 6.13. The Morgan fingerprint density at radius 2 is 2.19 bits per heavy atom. The number of esters is 1. The van der Waals surface area contributed by atoms with Crippen LogP contribution in [0, 0.1) is 0 Å². The minimum Gasteiger partial charge on any atom is -0.464 e. The van der Waals surface area contributed by atoms with Crippen LogP contribution >= 0.6 is 11.6 Å². The zero-order chi connectivity index (χ0) is 16.1. The molecule has 7 nitrogen and oxygen atoms in total. The van der Waals surface area contributed by atoms with Gasteiger partial charge in [-0.2, -0.15) is 0 Å². The molecule has 0 fully saturated rings. The molecule has 0 radical (unpaired) electrons. The Kier molecular flexibility index (Phi) is 6.09. The maximum atomic E-state index is 11.9. The topological polar surface area (TPSA) is 106 Å². The van der Waals surface area contributed by atoms with Crippen LogP contribution in [0.1, 0.15) is 19.4 Å². The summed E-state index contributed by atoms with van der Waals surface area (Å²) in [6, 6.07) is 3.00. The number of carbonyl (C=O) groups excluding carboxylic acids is 1. The summed E-state index contributed by atoms with van der Waals surface area (Å²) < 4.78 is 30.6. The molecule has 118 valence electrons. The molecular formula is C12H17ClN2O5S. The van der Waals surface area contributed by atoms with Crippen molar-refractivity contribution in [2.45, 2.75) is 25.2 Å². The van der Waals surface area contributed by atoms with E-state index in [0.29, 0.717) is 5.56 Å². The first kappa shape index (κ1) is 17.8. The van der Waals surface area contributed by atoms with E-state index in [9.17, 15) is 18.3 Å². The third-order valence-corrected chi connectivity index (χ3v) is 4.02. The van der Waals surface area contributed by atoms with Gasteiger partial charge in [-0.15, -0.1) is 0 Å². The Labute approximate surface area is 128 Å². The van der Waals surface area contributed by atoms with E-state index >= 15 is 0 Å². The Balaban J connectivity index is 2.64. The second-order valence-corrected chi connectivity index (χ2v) is 6.76. The second kappa shape index (κ2) is 7.17. The number of carbonyl (C=O) groups is 1. The largest absolute Gasteiger partial charge is 0.464 e. The number of hydrogen-bond acceptors (Lipinski definition) is 6. The molecule has 0 bridgehead atoms. The number of nitrogens with zero attached hydrogens (tertiary/aromatic N) is 1. The predicted molar refractivity (Wildman–Crippen MR) is 77.1 cm³/mol. The molecular weight excluding hydrogens is 320 g/mol. The fourth-order valence-electron chi connectivity index (χ4n) is 1.37. The molecule has 1 rings (SSSR count). The molecule has 1 aromatic heterocycles. The van der Waals surface area contributed by atoms with Gasteiger partial charge in [0.1, 0.15) is 5.15 Å². The molecule has 1 heterocycles. The fourth-order valence-corrected chi connectivity index (χ4v) is 2.70. The highest BCUT2D eigenvalue weighted by molar-refractivity contribution is 7.88. The summed E-state index contributed by atoms with van der Waals surface area (Å²) in [5.41, 5.74) is -1.50. The minimum absolute atomic E-state index is 0.0954. The Morgan fingerprint density at radius 3 is 2.71 bits per heavy atom. The lowest BCUT2D eigenvalue weighted by atomic mass is 10.1. The van der Waals surface area contributed by atoms with Crippen LogP contribution in [0.5, 0.6) is 0 Å². The molecule has 1 aromatic rings. The van der Waals surface area contributed by atoms with Crippen LogP contribution < -0.4 is 4.72 Å². The normalized spacial score (nSPS) is 14.5. The van der Waals surface area contributed by atoms with E-state index in [0.717, 1.165) is 0 Å². The zero-order valence-corrected chi connectivity index (χ0v) is 13.2. The van der Waals surface area contributed by atoms with E-state index in [1.54, 1.807) is 6.92 Å². The highest BCUT2D eigenvalue weighted by Gasteiger charge is 2.33. The molecule has 9 heteroatoms.